The summed E-state index contributed by atoms with van der Waals surface area (Å²) in [5.41, 5.74) is 1.02. The molecule has 1 aliphatic rings. The summed E-state index contributed by atoms with van der Waals surface area (Å²) in [5.74, 6) is -0.137. The molecule has 4 heteroatoms. The van der Waals surface area contributed by atoms with Crippen molar-refractivity contribution >= 4 is 5.91 Å². The number of rotatable bonds is 4. The van der Waals surface area contributed by atoms with Crippen LogP contribution in [0, 0.1) is 0 Å². The fourth-order valence-corrected chi connectivity index (χ4v) is 2.17. The van der Waals surface area contributed by atoms with E-state index < -0.39 is 5.60 Å². The van der Waals surface area contributed by atoms with Crippen molar-refractivity contribution in [2.45, 2.75) is 31.8 Å². The van der Waals surface area contributed by atoms with Gasteiger partial charge in [-0.1, -0.05) is 19.1 Å². The number of nitrogens with one attached hydrogen (secondary N) is 1. The maximum absolute atomic E-state index is 12.0. The Labute approximate surface area is 113 Å². The minimum atomic E-state index is -0.822. The Morgan fingerprint density at radius 1 is 1.32 bits per heavy atom. The van der Waals surface area contributed by atoms with E-state index in [2.05, 4.69) is 12.2 Å². The molecule has 0 aliphatic carbocycles. The average Bonchev–Trinajstić information content (AvgIpc) is 2.46. The van der Waals surface area contributed by atoms with Crippen molar-refractivity contribution in [1.82, 2.24) is 5.32 Å². The molecule has 0 saturated carbocycles. The first kappa shape index (κ1) is 14.0. The van der Waals surface area contributed by atoms with E-state index in [0.29, 0.717) is 31.6 Å². The van der Waals surface area contributed by atoms with Crippen molar-refractivity contribution in [3.8, 4) is 0 Å². The van der Waals surface area contributed by atoms with Gasteiger partial charge >= 0.3 is 0 Å². The van der Waals surface area contributed by atoms with Crippen LogP contribution in [0.5, 0.6) is 0 Å². The Balaban J connectivity index is 1.89. The van der Waals surface area contributed by atoms with E-state index in [-0.39, 0.29) is 12.5 Å². The van der Waals surface area contributed by atoms with Gasteiger partial charge < -0.3 is 15.2 Å². The fraction of sp³-hybridized carbons (Fsp3) is 0.533. The highest BCUT2D eigenvalue weighted by molar-refractivity contribution is 5.94. The van der Waals surface area contributed by atoms with Gasteiger partial charge in [0, 0.05) is 38.2 Å². The van der Waals surface area contributed by atoms with Crippen LogP contribution < -0.4 is 5.32 Å². The van der Waals surface area contributed by atoms with Gasteiger partial charge in [0.1, 0.15) is 0 Å². The zero-order valence-electron chi connectivity index (χ0n) is 11.3. The van der Waals surface area contributed by atoms with E-state index in [0.717, 1.165) is 6.42 Å². The Kier molecular flexibility index (Phi) is 4.56. The van der Waals surface area contributed by atoms with Gasteiger partial charge in [-0.25, -0.2) is 0 Å². The molecule has 0 aromatic heterocycles. The number of aliphatic hydroxyl groups is 1. The van der Waals surface area contributed by atoms with Gasteiger partial charge in [0.15, 0.2) is 0 Å². The molecule has 1 aromatic rings. The summed E-state index contributed by atoms with van der Waals surface area (Å²) in [6.45, 7) is 3.47. The summed E-state index contributed by atoms with van der Waals surface area (Å²) < 4.78 is 5.21. The summed E-state index contributed by atoms with van der Waals surface area (Å²) >= 11 is 0. The van der Waals surface area contributed by atoms with Gasteiger partial charge in [0.2, 0.25) is 0 Å². The second kappa shape index (κ2) is 6.17. The second-order valence-corrected chi connectivity index (χ2v) is 5.07. The van der Waals surface area contributed by atoms with Crippen LogP contribution in [0.1, 0.15) is 35.7 Å². The molecule has 1 aromatic carbocycles. The molecule has 104 valence electrons. The number of ether oxygens (including phenoxy) is 1. The number of hydrogen-bond donors (Lipinski definition) is 2. The average molecular weight is 263 g/mol. The van der Waals surface area contributed by atoms with Crippen molar-refractivity contribution in [2.24, 2.45) is 0 Å². The quantitative estimate of drug-likeness (QED) is 0.866. The standard InChI is InChI=1S/C15H21NO3/c1-2-12-3-5-13(6-4-12)14(17)16-11-15(18)7-9-19-10-8-15/h3-6,18H,2,7-11H2,1H3,(H,16,17). The van der Waals surface area contributed by atoms with Crippen molar-refractivity contribution in [3.05, 3.63) is 35.4 Å². The van der Waals surface area contributed by atoms with Gasteiger partial charge in [-0.2, -0.15) is 0 Å². The van der Waals surface area contributed by atoms with E-state index in [1.165, 1.54) is 5.56 Å². The Morgan fingerprint density at radius 2 is 1.95 bits per heavy atom. The molecule has 1 fully saturated rings. The van der Waals surface area contributed by atoms with Crippen molar-refractivity contribution < 1.29 is 14.6 Å². The van der Waals surface area contributed by atoms with Crippen molar-refractivity contribution in [1.29, 1.82) is 0 Å². The smallest absolute Gasteiger partial charge is 0.251 e. The summed E-state index contributed by atoms with van der Waals surface area (Å²) in [6, 6.07) is 7.56. The number of hydrogen-bond acceptors (Lipinski definition) is 3. The highest BCUT2D eigenvalue weighted by Crippen LogP contribution is 2.19. The molecule has 1 saturated heterocycles. The first-order chi connectivity index (χ1) is 9.13. The van der Waals surface area contributed by atoms with E-state index in [1.54, 1.807) is 0 Å². The molecule has 19 heavy (non-hydrogen) atoms. The minimum absolute atomic E-state index is 0.137. The largest absolute Gasteiger partial charge is 0.388 e. The number of aryl methyl sites for hydroxylation is 1. The van der Waals surface area contributed by atoms with E-state index >= 15 is 0 Å². The van der Waals surface area contributed by atoms with Crippen LogP contribution in [0.4, 0.5) is 0 Å². The molecule has 2 N–H and O–H groups in total. The van der Waals surface area contributed by atoms with Gasteiger partial charge in [-0.05, 0) is 24.1 Å². The summed E-state index contributed by atoms with van der Waals surface area (Å²) in [5, 5.41) is 13.1. The van der Waals surface area contributed by atoms with Crippen LogP contribution in [-0.2, 0) is 11.2 Å². The first-order valence-corrected chi connectivity index (χ1v) is 6.80. The zero-order chi connectivity index (χ0) is 13.7. The molecule has 2 rings (SSSR count). The number of carbonyl (C=O) groups excluding carboxylic acids is 1. The van der Waals surface area contributed by atoms with Crippen molar-refractivity contribution in [3.63, 3.8) is 0 Å². The van der Waals surface area contributed by atoms with E-state index in [1.807, 2.05) is 24.3 Å². The molecule has 0 radical (unpaired) electrons. The normalized spacial score (nSPS) is 18.0. The summed E-state index contributed by atoms with van der Waals surface area (Å²) in [7, 11) is 0. The summed E-state index contributed by atoms with van der Waals surface area (Å²) in [6.07, 6.45) is 2.10. The molecule has 1 amide bonds. The monoisotopic (exact) mass is 263 g/mol. The third-order valence-corrected chi connectivity index (χ3v) is 3.63. The molecule has 4 nitrogen and oxygen atoms in total. The van der Waals surface area contributed by atoms with Crippen LogP contribution in [-0.4, -0.2) is 36.4 Å². The highest BCUT2D eigenvalue weighted by Gasteiger charge is 2.30. The molecule has 0 atom stereocenters. The van der Waals surface area contributed by atoms with Crippen LogP contribution >= 0.6 is 0 Å². The lowest BCUT2D eigenvalue weighted by atomic mass is 9.94. The number of benzene rings is 1. The number of carbonyl (C=O) groups is 1. The fourth-order valence-electron chi connectivity index (χ4n) is 2.17. The van der Waals surface area contributed by atoms with E-state index in [4.69, 9.17) is 4.74 Å². The topological polar surface area (TPSA) is 58.6 Å². The predicted octanol–water partition coefficient (Wildman–Crippen LogP) is 1.52. The molecular weight excluding hydrogens is 242 g/mol. The SMILES string of the molecule is CCc1ccc(C(=O)NCC2(O)CCOCC2)cc1. The van der Waals surface area contributed by atoms with Gasteiger partial charge in [-0.15, -0.1) is 0 Å². The van der Waals surface area contributed by atoms with Crippen LogP contribution in [0.2, 0.25) is 0 Å². The second-order valence-electron chi connectivity index (χ2n) is 5.07. The Hall–Kier alpha value is -1.39. The lowest BCUT2D eigenvalue weighted by Crippen LogP contribution is -2.46. The maximum atomic E-state index is 12.0. The molecule has 1 aliphatic heterocycles. The minimum Gasteiger partial charge on any atom is -0.388 e. The Bertz CT molecular complexity index is 422. The zero-order valence-corrected chi connectivity index (χ0v) is 11.3. The molecule has 0 spiro atoms. The first-order valence-electron chi connectivity index (χ1n) is 6.80. The van der Waals surface area contributed by atoms with Crippen LogP contribution in [0.25, 0.3) is 0 Å². The summed E-state index contributed by atoms with van der Waals surface area (Å²) in [4.78, 5) is 12.0. The van der Waals surface area contributed by atoms with Gasteiger partial charge in [0.05, 0.1) is 5.60 Å². The molecular formula is C15H21NO3. The highest BCUT2D eigenvalue weighted by atomic mass is 16.5. The van der Waals surface area contributed by atoms with Crippen molar-refractivity contribution in [2.75, 3.05) is 19.8 Å². The lowest BCUT2D eigenvalue weighted by molar-refractivity contribution is -0.0605. The number of amides is 1. The van der Waals surface area contributed by atoms with Gasteiger partial charge in [0.25, 0.3) is 5.91 Å². The third kappa shape index (κ3) is 3.78. The van der Waals surface area contributed by atoms with Crippen LogP contribution in [0.15, 0.2) is 24.3 Å². The Morgan fingerprint density at radius 3 is 2.53 bits per heavy atom. The molecule has 1 heterocycles. The van der Waals surface area contributed by atoms with Crippen LogP contribution in [0.3, 0.4) is 0 Å². The third-order valence-electron chi connectivity index (χ3n) is 3.63. The van der Waals surface area contributed by atoms with Gasteiger partial charge in [-0.3, -0.25) is 4.79 Å². The predicted molar refractivity (Wildman–Crippen MR) is 73.2 cm³/mol. The maximum Gasteiger partial charge on any atom is 0.251 e. The lowest BCUT2D eigenvalue weighted by Gasteiger charge is -2.32. The molecule has 0 unspecified atom stereocenters. The molecule has 0 bridgehead atoms. The van der Waals surface area contributed by atoms with E-state index in [9.17, 15) is 9.90 Å².